The number of anilines is 1. The Morgan fingerprint density at radius 1 is 1.29 bits per heavy atom. The van der Waals surface area contributed by atoms with Gasteiger partial charge in [0.05, 0.1) is 30.7 Å². The maximum Gasteiger partial charge on any atom is 0.232 e. The number of benzene rings is 1. The van der Waals surface area contributed by atoms with Crippen molar-refractivity contribution in [3.8, 4) is 12.1 Å². The van der Waals surface area contributed by atoms with Gasteiger partial charge in [0.15, 0.2) is 0 Å². The first-order valence-corrected chi connectivity index (χ1v) is 7.58. The summed E-state index contributed by atoms with van der Waals surface area (Å²) in [6, 6.07) is 9.65. The zero-order chi connectivity index (χ0) is 15.7. The molecule has 5 nitrogen and oxygen atoms in total. The van der Waals surface area contributed by atoms with Crippen LogP contribution in [-0.2, 0) is 4.79 Å². The van der Waals surface area contributed by atoms with E-state index in [2.05, 4.69) is 0 Å². The molecule has 0 unspecified atom stereocenters. The Morgan fingerprint density at radius 2 is 1.90 bits per heavy atom. The average molecular weight is 302 g/mol. The molecule has 6 heteroatoms. The lowest BCUT2D eigenvalue weighted by molar-refractivity contribution is -0.128. The van der Waals surface area contributed by atoms with Crippen LogP contribution >= 0.6 is 11.8 Å². The number of nitriles is 2. The van der Waals surface area contributed by atoms with Gasteiger partial charge in [-0.2, -0.15) is 10.5 Å². The number of hydrogen-bond donors (Lipinski definition) is 1. The lowest BCUT2D eigenvalue weighted by Crippen LogP contribution is -2.34. The maximum atomic E-state index is 12.2. The Balaban J connectivity index is 2.62. The highest BCUT2D eigenvalue weighted by Gasteiger charge is 2.14. The van der Waals surface area contributed by atoms with Crippen LogP contribution in [0.5, 0.6) is 0 Å². The molecular weight excluding hydrogens is 284 g/mol. The molecule has 2 N–H and O–H groups in total. The topological polar surface area (TPSA) is 93.9 Å². The second-order valence-electron chi connectivity index (χ2n) is 4.46. The number of amides is 1. The van der Waals surface area contributed by atoms with Crippen LogP contribution in [0.3, 0.4) is 0 Å². The van der Waals surface area contributed by atoms with Gasteiger partial charge in [0.25, 0.3) is 0 Å². The summed E-state index contributed by atoms with van der Waals surface area (Å²) < 4.78 is 0. The molecule has 0 aliphatic rings. The van der Waals surface area contributed by atoms with E-state index in [-0.39, 0.29) is 24.5 Å². The van der Waals surface area contributed by atoms with E-state index in [1.165, 1.54) is 11.8 Å². The molecule has 0 aromatic heterocycles. The number of nitrogens with zero attached hydrogens (tertiary/aromatic N) is 3. The molecule has 0 spiro atoms. The molecule has 0 radical (unpaired) electrons. The summed E-state index contributed by atoms with van der Waals surface area (Å²) in [6.07, 6.45) is 0.554. The molecule has 0 fully saturated rings. The predicted octanol–water partition coefficient (Wildman–Crippen LogP) is 2.33. The fraction of sp³-hybridized carbons (Fsp3) is 0.400. The third kappa shape index (κ3) is 5.37. The van der Waals surface area contributed by atoms with Gasteiger partial charge in [-0.25, -0.2) is 0 Å². The minimum Gasteiger partial charge on any atom is -0.398 e. The van der Waals surface area contributed by atoms with Gasteiger partial charge in [0.1, 0.15) is 0 Å². The third-order valence-corrected chi connectivity index (χ3v) is 4.16. The van der Waals surface area contributed by atoms with Gasteiger partial charge in [0.2, 0.25) is 5.91 Å². The van der Waals surface area contributed by atoms with Gasteiger partial charge in [-0.05, 0) is 24.6 Å². The summed E-state index contributed by atoms with van der Waals surface area (Å²) in [4.78, 5) is 14.7. The number of thioether (sulfide) groups is 1. The first kappa shape index (κ1) is 16.9. The Hall–Kier alpha value is -2.18. The number of carbonyl (C=O) groups is 1. The summed E-state index contributed by atoms with van der Waals surface area (Å²) in [5.74, 6) is 0.216. The standard InChI is InChI=1S/C15H18N4OS/c1-12-13(18)5-2-6-14(12)21-11-15(20)19(9-3-7-16)10-4-8-17/h2,5-6H,3-4,9-11,18H2,1H3. The molecule has 110 valence electrons. The molecule has 0 saturated heterocycles. The highest BCUT2D eigenvalue weighted by molar-refractivity contribution is 8.00. The van der Waals surface area contributed by atoms with Crippen LogP contribution in [0.2, 0.25) is 0 Å². The van der Waals surface area contributed by atoms with Gasteiger partial charge < -0.3 is 10.6 Å². The van der Waals surface area contributed by atoms with Gasteiger partial charge in [-0.1, -0.05) is 6.07 Å². The molecule has 1 aromatic carbocycles. The molecule has 21 heavy (non-hydrogen) atoms. The van der Waals surface area contributed by atoms with Crippen LogP contribution in [0, 0.1) is 29.6 Å². The molecule has 1 rings (SSSR count). The first-order chi connectivity index (χ1) is 10.1. The zero-order valence-corrected chi connectivity index (χ0v) is 12.8. The molecule has 0 atom stereocenters. The smallest absolute Gasteiger partial charge is 0.232 e. The van der Waals surface area contributed by atoms with Gasteiger partial charge in [-0.15, -0.1) is 11.8 Å². The zero-order valence-electron chi connectivity index (χ0n) is 12.0. The van der Waals surface area contributed by atoms with E-state index < -0.39 is 0 Å². The van der Waals surface area contributed by atoms with E-state index in [9.17, 15) is 4.79 Å². The van der Waals surface area contributed by atoms with Crippen molar-refractivity contribution in [2.45, 2.75) is 24.7 Å². The van der Waals surface area contributed by atoms with Crippen LogP contribution in [0.4, 0.5) is 5.69 Å². The predicted molar refractivity (Wildman–Crippen MR) is 83.4 cm³/mol. The molecular formula is C15H18N4OS. The Morgan fingerprint density at radius 3 is 2.48 bits per heavy atom. The second-order valence-corrected chi connectivity index (χ2v) is 5.47. The fourth-order valence-corrected chi connectivity index (χ4v) is 2.72. The number of carbonyl (C=O) groups excluding carboxylic acids is 1. The number of nitrogens with two attached hydrogens (primary N) is 1. The minimum absolute atomic E-state index is 0.0627. The molecule has 0 bridgehead atoms. The van der Waals surface area contributed by atoms with Gasteiger partial charge in [0, 0.05) is 23.7 Å². The van der Waals surface area contributed by atoms with Crippen LogP contribution in [0.1, 0.15) is 18.4 Å². The maximum absolute atomic E-state index is 12.2. The quantitative estimate of drug-likeness (QED) is 0.616. The van der Waals surface area contributed by atoms with Gasteiger partial charge >= 0.3 is 0 Å². The molecule has 0 heterocycles. The van der Waals surface area contributed by atoms with Crippen molar-refractivity contribution in [3.05, 3.63) is 23.8 Å². The first-order valence-electron chi connectivity index (χ1n) is 6.59. The van der Waals surface area contributed by atoms with E-state index in [0.29, 0.717) is 18.8 Å². The lowest BCUT2D eigenvalue weighted by Gasteiger charge is -2.20. The molecule has 0 aliphatic heterocycles. The van der Waals surface area contributed by atoms with E-state index in [0.717, 1.165) is 10.5 Å². The molecule has 1 amide bonds. The SMILES string of the molecule is Cc1c(N)cccc1SCC(=O)N(CCC#N)CCC#N. The van der Waals surface area contributed by atoms with Crippen molar-refractivity contribution in [1.29, 1.82) is 10.5 Å². The van der Waals surface area contributed by atoms with Crippen LogP contribution in [-0.4, -0.2) is 29.6 Å². The third-order valence-electron chi connectivity index (χ3n) is 3.02. The molecule has 1 aromatic rings. The summed E-state index contributed by atoms with van der Waals surface area (Å²) in [5.41, 5.74) is 7.51. The Bertz CT molecular complexity index is 556. The lowest BCUT2D eigenvalue weighted by atomic mass is 10.2. The number of hydrogen-bond acceptors (Lipinski definition) is 5. The highest BCUT2D eigenvalue weighted by atomic mass is 32.2. The normalized spacial score (nSPS) is 9.67. The average Bonchev–Trinajstić information content (AvgIpc) is 2.48. The molecule has 0 aliphatic carbocycles. The van der Waals surface area contributed by atoms with E-state index in [1.807, 2.05) is 37.3 Å². The fourth-order valence-electron chi connectivity index (χ4n) is 1.75. The summed E-state index contributed by atoms with van der Waals surface area (Å²) >= 11 is 1.43. The summed E-state index contributed by atoms with van der Waals surface area (Å²) in [5, 5.41) is 17.3. The van der Waals surface area contributed by atoms with Crippen molar-refractivity contribution in [1.82, 2.24) is 4.90 Å². The van der Waals surface area contributed by atoms with Crippen LogP contribution in [0.15, 0.2) is 23.1 Å². The minimum atomic E-state index is -0.0627. The monoisotopic (exact) mass is 302 g/mol. The highest BCUT2D eigenvalue weighted by Crippen LogP contribution is 2.26. The van der Waals surface area contributed by atoms with E-state index >= 15 is 0 Å². The van der Waals surface area contributed by atoms with Crippen LogP contribution < -0.4 is 5.73 Å². The van der Waals surface area contributed by atoms with E-state index in [4.69, 9.17) is 16.3 Å². The van der Waals surface area contributed by atoms with Crippen molar-refractivity contribution in [3.63, 3.8) is 0 Å². The molecule has 0 saturated carbocycles. The van der Waals surface area contributed by atoms with Gasteiger partial charge in [-0.3, -0.25) is 4.79 Å². The Labute approximate surface area is 129 Å². The van der Waals surface area contributed by atoms with Crippen molar-refractivity contribution in [2.75, 3.05) is 24.6 Å². The largest absolute Gasteiger partial charge is 0.398 e. The summed E-state index contributed by atoms with van der Waals surface area (Å²) in [6.45, 7) is 2.66. The van der Waals surface area contributed by atoms with Crippen LogP contribution in [0.25, 0.3) is 0 Å². The second kappa shape index (κ2) is 8.89. The van der Waals surface area contributed by atoms with E-state index in [1.54, 1.807) is 4.90 Å². The number of rotatable bonds is 7. The van der Waals surface area contributed by atoms with Crippen molar-refractivity contribution < 1.29 is 4.79 Å². The van der Waals surface area contributed by atoms with Crippen molar-refractivity contribution >= 4 is 23.4 Å². The summed E-state index contributed by atoms with van der Waals surface area (Å²) in [7, 11) is 0. The Kier molecular flexibility index (Phi) is 7.14. The number of nitrogen functional groups attached to an aromatic ring is 1. The van der Waals surface area contributed by atoms with Crippen molar-refractivity contribution in [2.24, 2.45) is 0 Å².